The van der Waals surface area contributed by atoms with Crippen molar-refractivity contribution in [2.24, 2.45) is 0 Å². The van der Waals surface area contributed by atoms with E-state index in [4.69, 9.17) is 9.26 Å². The third-order valence-corrected chi connectivity index (χ3v) is 4.59. The van der Waals surface area contributed by atoms with E-state index in [-0.39, 0.29) is 5.82 Å². The second-order valence-corrected chi connectivity index (χ2v) is 7.14. The van der Waals surface area contributed by atoms with E-state index in [9.17, 15) is 13.2 Å². The number of aryl methyl sites for hydroxylation is 3. The lowest BCUT2D eigenvalue weighted by Gasteiger charge is -2.13. The van der Waals surface area contributed by atoms with Crippen LogP contribution in [0.3, 0.4) is 0 Å². The Morgan fingerprint density at radius 2 is 1.79 bits per heavy atom. The summed E-state index contributed by atoms with van der Waals surface area (Å²) in [5, 5.41) is 7.40. The predicted molar refractivity (Wildman–Crippen MR) is 94.3 cm³/mol. The number of hydrogen-bond acceptors (Lipinski definition) is 7. The van der Waals surface area contributed by atoms with Gasteiger partial charge in [0.05, 0.1) is 6.61 Å². The van der Waals surface area contributed by atoms with Crippen LogP contribution >= 0.6 is 0 Å². The van der Waals surface area contributed by atoms with Gasteiger partial charge in [0, 0.05) is 17.9 Å². The maximum atomic E-state index is 12.6. The summed E-state index contributed by atoms with van der Waals surface area (Å²) in [5.41, 5.74) is 1.98. The van der Waals surface area contributed by atoms with Gasteiger partial charge in [-0.15, -0.1) is 0 Å². The zero-order valence-electron chi connectivity index (χ0n) is 15.9. The Bertz CT molecular complexity index is 985. The molecule has 3 aromatic rings. The van der Waals surface area contributed by atoms with E-state index in [2.05, 4.69) is 24.8 Å². The number of ether oxygens (including phenoxy) is 1. The van der Waals surface area contributed by atoms with E-state index in [1.54, 1.807) is 12.1 Å². The first-order valence-corrected chi connectivity index (χ1v) is 9.29. The van der Waals surface area contributed by atoms with Crippen LogP contribution in [0.25, 0.3) is 11.4 Å². The Hall–Kier alpha value is -2.91. The van der Waals surface area contributed by atoms with Gasteiger partial charge >= 0.3 is 12.1 Å². The maximum absolute atomic E-state index is 12.6. The highest BCUT2D eigenvalue weighted by Gasteiger charge is 2.38. The Balaban J connectivity index is 1.37. The molecule has 0 spiro atoms. The molecule has 2 heterocycles. The number of halogens is 3. The SMILES string of the molecule is Cc1cc(-c2noc(C(F)(F)F)n2)cc(C)c1OCCCc1noc(C2CC2)n1. The smallest absolute Gasteiger partial charge is 0.471 e. The fraction of sp³-hybridized carbons (Fsp3) is 0.474. The first-order valence-electron chi connectivity index (χ1n) is 9.29. The molecule has 29 heavy (non-hydrogen) atoms. The highest BCUT2D eigenvalue weighted by atomic mass is 19.4. The van der Waals surface area contributed by atoms with Crippen molar-refractivity contribution in [1.82, 2.24) is 20.3 Å². The van der Waals surface area contributed by atoms with E-state index in [0.717, 1.165) is 29.9 Å². The van der Waals surface area contributed by atoms with Crippen LogP contribution in [-0.4, -0.2) is 26.9 Å². The summed E-state index contributed by atoms with van der Waals surface area (Å²) in [6.45, 7) is 4.09. The molecule has 1 aliphatic carbocycles. The molecule has 1 aliphatic rings. The van der Waals surface area contributed by atoms with Crippen molar-refractivity contribution in [2.45, 2.75) is 51.6 Å². The molecule has 4 rings (SSSR count). The van der Waals surface area contributed by atoms with Gasteiger partial charge in [-0.3, -0.25) is 0 Å². The van der Waals surface area contributed by atoms with Crippen LogP contribution in [0, 0.1) is 13.8 Å². The van der Waals surface area contributed by atoms with E-state index in [1.165, 1.54) is 0 Å². The zero-order chi connectivity index (χ0) is 20.6. The Kier molecular flexibility index (Phi) is 5.01. The predicted octanol–water partition coefficient (Wildman–Crippen LogP) is 4.64. The van der Waals surface area contributed by atoms with Crippen molar-refractivity contribution in [3.63, 3.8) is 0 Å². The number of aromatic nitrogens is 4. The van der Waals surface area contributed by atoms with Crippen molar-refractivity contribution in [3.8, 4) is 17.1 Å². The van der Waals surface area contributed by atoms with Gasteiger partial charge in [-0.05, 0) is 56.4 Å². The van der Waals surface area contributed by atoms with Gasteiger partial charge in [0.15, 0.2) is 5.82 Å². The highest BCUT2D eigenvalue weighted by Crippen LogP contribution is 2.39. The molecule has 0 bridgehead atoms. The minimum atomic E-state index is -4.67. The molecule has 1 saturated carbocycles. The van der Waals surface area contributed by atoms with Gasteiger partial charge in [-0.25, -0.2) is 0 Å². The van der Waals surface area contributed by atoms with Crippen molar-refractivity contribution in [2.75, 3.05) is 6.61 Å². The molecule has 154 valence electrons. The molecule has 7 nitrogen and oxygen atoms in total. The molecule has 1 fully saturated rings. The third kappa shape index (κ3) is 4.41. The van der Waals surface area contributed by atoms with Crippen LogP contribution in [0.5, 0.6) is 5.75 Å². The molecule has 0 aliphatic heterocycles. The van der Waals surface area contributed by atoms with Gasteiger partial charge in [-0.1, -0.05) is 10.3 Å². The van der Waals surface area contributed by atoms with Crippen LogP contribution in [-0.2, 0) is 12.6 Å². The average molecular weight is 408 g/mol. The molecule has 0 N–H and O–H groups in total. The molecule has 0 atom stereocenters. The largest absolute Gasteiger partial charge is 0.493 e. The maximum Gasteiger partial charge on any atom is 0.471 e. The molecule has 10 heteroatoms. The lowest BCUT2D eigenvalue weighted by atomic mass is 10.1. The van der Waals surface area contributed by atoms with Gasteiger partial charge in [0.25, 0.3) is 0 Å². The Morgan fingerprint density at radius 3 is 2.41 bits per heavy atom. The van der Waals surface area contributed by atoms with Crippen molar-refractivity contribution in [1.29, 1.82) is 0 Å². The molecule has 0 unspecified atom stereocenters. The van der Waals surface area contributed by atoms with Crippen LogP contribution in [0.1, 0.15) is 53.9 Å². The van der Waals surface area contributed by atoms with Crippen LogP contribution in [0.4, 0.5) is 13.2 Å². The van der Waals surface area contributed by atoms with Crippen LogP contribution in [0.15, 0.2) is 21.2 Å². The summed E-state index contributed by atoms with van der Waals surface area (Å²) in [4.78, 5) is 7.81. The molecular weight excluding hydrogens is 389 g/mol. The van der Waals surface area contributed by atoms with Crippen molar-refractivity contribution >= 4 is 0 Å². The van der Waals surface area contributed by atoms with Gasteiger partial charge in [0.1, 0.15) is 5.75 Å². The fourth-order valence-electron chi connectivity index (χ4n) is 3.03. The first kappa shape index (κ1) is 19.4. The molecule has 2 aromatic heterocycles. The van der Waals surface area contributed by atoms with E-state index in [0.29, 0.717) is 42.5 Å². The van der Waals surface area contributed by atoms with Crippen molar-refractivity contribution < 1.29 is 27.0 Å². The summed E-state index contributed by atoms with van der Waals surface area (Å²) < 4.78 is 53.3. The number of alkyl halides is 3. The Morgan fingerprint density at radius 1 is 1.07 bits per heavy atom. The number of rotatable bonds is 7. The minimum Gasteiger partial charge on any atom is -0.493 e. The number of nitrogens with zero attached hydrogens (tertiary/aromatic N) is 4. The summed E-state index contributed by atoms with van der Waals surface area (Å²) in [7, 11) is 0. The summed E-state index contributed by atoms with van der Waals surface area (Å²) >= 11 is 0. The molecule has 0 radical (unpaired) electrons. The molecular formula is C19H19F3N4O3. The zero-order valence-corrected chi connectivity index (χ0v) is 15.9. The van der Waals surface area contributed by atoms with E-state index < -0.39 is 12.1 Å². The Labute approximate surface area is 164 Å². The quantitative estimate of drug-likeness (QED) is 0.526. The molecule has 1 aromatic carbocycles. The van der Waals surface area contributed by atoms with E-state index >= 15 is 0 Å². The lowest BCUT2D eigenvalue weighted by molar-refractivity contribution is -0.159. The summed E-state index contributed by atoms with van der Waals surface area (Å²) in [6.07, 6.45) is -1.09. The molecule has 0 amide bonds. The number of hydrogen-bond donors (Lipinski definition) is 0. The standard InChI is InChI=1S/C19H19F3N4O3/c1-10-8-13(16-24-18(29-26-16)19(20,21)22)9-11(2)15(10)27-7-3-4-14-23-17(28-25-14)12-5-6-12/h8-9,12H,3-7H2,1-2H3. The fourth-order valence-corrected chi connectivity index (χ4v) is 3.03. The van der Waals surface area contributed by atoms with Crippen LogP contribution < -0.4 is 4.74 Å². The minimum absolute atomic E-state index is 0.112. The first-order chi connectivity index (χ1) is 13.8. The van der Waals surface area contributed by atoms with Gasteiger partial charge < -0.3 is 13.8 Å². The second kappa shape index (κ2) is 7.49. The highest BCUT2D eigenvalue weighted by molar-refractivity contribution is 5.61. The lowest BCUT2D eigenvalue weighted by Crippen LogP contribution is -2.05. The van der Waals surface area contributed by atoms with Crippen molar-refractivity contribution in [3.05, 3.63) is 40.9 Å². The number of benzene rings is 1. The van der Waals surface area contributed by atoms with E-state index in [1.807, 2.05) is 13.8 Å². The van der Waals surface area contributed by atoms with Crippen LogP contribution in [0.2, 0.25) is 0 Å². The van der Waals surface area contributed by atoms with Gasteiger partial charge in [0.2, 0.25) is 11.7 Å². The topological polar surface area (TPSA) is 87.1 Å². The monoisotopic (exact) mass is 408 g/mol. The summed E-state index contributed by atoms with van der Waals surface area (Å²) in [6, 6.07) is 3.35. The summed E-state index contributed by atoms with van der Waals surface area (Å²) in [5.74, 6) is 1.03. The normalized spacial score (nSPS) is 14.4. The third-order valence-electron chi connectivity index (χ3n) is 4.59. The average Bonchev–Trinajstić information content (AvgIpc) is 3.17. The van der Waals surface area contributed by atoms with Gasteiger partial charge in [-0.2, -0.15) is 23.1 Å². The second-order valence-electron chi connectivity index (χ2n) is 7.14. The molecule has 0 saturated heterocycles.